The highest BCUT2D eigenvalue weighted by atomic mass is 19.1. The first kappa shape index (κ1) is 16.9. The van der Waals surface area contributed by atoms with E-state index in [9.17, 15) is 9.18 Å². The molecule has 1 saturated heterocycles. The molecule has 0 aliphatic carbocycles. The maximum atomic E-state index is 13.5. The number of hydrogen-bond donors (Lipinski definition) is 3. The normalized spacial score (nSPS) is 25.3. The summed E-state index contributed by atoms with van der Waals surface area (Å²) < 4.78 is 19.0. The van der Waals surface area contributed by atoms with Gasteiger partial charge in [0.15, 0.2) is 6.23 Å². The first-order valence-corrected chi connectivity index (χ1v) is 7.43. The van der Waals surface area contributed by atoms with Gasteiger partial charge in [-0.2, -0.15) is 0 Å². The minimum atomic E-state index is -0.563. The molecule has 1 aliphatic rings. The van der Waals surface area contributed by atoms with Crippen LogP contribution in [0.4, 0.5) is 4.39 Å². The van der Waals surface area contributed by atoms with Gasteiger partial charge in [-0.25, -0.2) is 4.39 Å². The lowest BCUT2D eigenvalue weighted by molar-refractivity contribution is -0.159. The summed E-state index contributed by atoms with van der Waals surface area (Å²) in [6.45, 7) is 5.53. The molecule has 1 aromatic carbocycles. The van der Waals surface area contributed by atoms with E-state index in [4.69, 9.17) is 16.2 Å². The monoisotopic (exact) mass is 309 g/mol. The van der Waals surface area contributed by atoms with Gasteiger partial charge in [-0.15, -0.1) is 0 Å². The van der Waals surface area contributed by atoms with Crippen LogP contribution in [-0.4, -0.2) is 18.2 Å². The fourth-order valence-electron chi connectivity index (χ4n) is 2.45. The first-order chi connectivity index (χ1) is 10.2. The molecule has 5 nitrogen and oxygen atoms in total. The number of halogens is 1. The number of esters is 1. The Labute approximate surface area is 130 Å². The Morgan fingerprint density at radius 2 is 2.14 bits per heavy atom. The topological polar surface area (TPSA) is 90.4 Å². The first-order valence-electron chi connectivity index (χ1n) is 7.43. The van der Waals surface area contributed by atoms with Crippen molar-refractivity contribution >= 4 is 5.97 Å². The summed E-state index contributed by atoms with van der Waals surface area (Å²) in [4.78, 5) is 11.9. The van der Waals surface area contributed by atoms with E-state index in [1.165, 1.54) is 6.07 Å². The molecule has 0 aromatic heterocycles. The van der Waals surface area contributed by atoms with E-state index in [0.717, 1.165) is 5.56 Å². The van der Waals surface area contributed by atoms with Crippen molar-refractivity contribution in [3.63, 3.8) is 0 Å². The molecule has 1 aliphatic heterocycles. The minimum Gasteiger partial charge on any atom is -0.446 e. The molecule has 1 aromatic rings. The van der Waals surface area contributed by atoms with E-state index < -0.39 is 11.6 Å². The van der Waals surface area contributed by atoms with Gasteiger partial charge < -0.3 is 16.2 Å². The lowest BCUT2D eigenvalue weighted by atomic mass is 9.97. The summed E-state index contributed by atoms with van der Waals surface area (Å²) in [5, 5.41) is 3.20. The molecule has 6 heteroatoms. The van der Waals surface area contributed by atoms with Crippen molar-refractivity contribution in [3.05, 3.63) is 35.1 Å². The van der Waals surface area contributed by atoms with Gasteiger partial charge in [0.25, 0.3) is 0 Å². The van der Waals surface area contributed by atoms with E-state index in [2.05, 4.69) is 5.32 Å². The number of nitrogens with two attached hydrogens (primary N) is 2. The van der Waals surface area contributed by atoms with Gasteiger partial charge in [0.05, 0.1) is 11.5 Å². The number of nitrogens with one attached hydrogen (secondary N) is 1. The van der Waals surface area contributed by atoms with E-state index in [1.54, 1.807) is 32.9 Å². The maximum absolute atomic E-state index is 13.5. The third-order valence-electron chi connectivity index (χ3n) is 3.79. The number of benzene rings is 1. The van der Waals surface area contributed by atoms with Crippen LogP contribution in [0, 0.1) is 11.2 Å². The SMILES string of the molecule is CC(C)(C)C(=O)OC1CC(N)C(c2ccc(F)c(CN)c2)N1. The van der Waals surface area contributed by atoms with Gasteiger partial charge in [-0.05, 0) is 38.5 Å². The molecule has 1 fully saturated rings. The van der Waals surface area contributed by atoms with Crippen molar-refractivity contribution in [1.29, 1.82) is 0 Å². The summed E-state index contributed by atoms with van der Waals surface area (Å²) in [6.07, 6.45) is 0.0834. The van der Waals surface area contributed by atoms with Crippen molar-refractivity contribution < 1.29 is 13.9 Å². The molecule has 0 saturated carbocycles. The van der Waals surface area contributed by atoms with Crippen LogP contribution in [0.15, 0.2) is 18.2 Å². The van der Waals surface area contributed by atoms with Crippen LogP contribution in [0.3, 0.4) is 0 Å². The van der Waals surface area contributed by atoms with Gasteiger partial charge in [0.2, 0.25) is 0 Å². The van der Waals surface area contributed by atoms with E-state index in [1.807, 2.05) is 0 Å². The molecule has 0 bridgehead atoms. The molecule has 0 radical (unpaired) electrons. The van der Waals surface area contributed by atoms with Crippen LogP contribution in [0.25, 0.3) is 0 Å². The van der Waals surface area contributed by atoms with Gasteiger partial charge in [0, 0.05) is 24.6 Å². The van der Waals surface area contributed by atoms with Crippen molar-refractivity contribution in [2.45, 2.75) is 52.0 Å². The minimum absolute atomic E-state index is 0.129. The van der Waals surface area contributed by atoms with E-state index in [-0.39, 0.29) is 30.4 Å². The lowest BCUT2D eigenvalue weighted by Crippen LogP contribution is -2.34. The Balaban J connectivity index is 2.10. The summed E-state index contributed by atoms with van der Waals surface area (Å²) in [6, 6.07) is 4.37. The molecule has 3 unspecified atom stereocenters. The Hall–Kier alpha value is -1.50. The molecule has 2 rings (SSSR count). The quantitative estimate of drug-likeness (QED) is 0.737. The van der Waals surface area contributed by atoms with Crippen LogP contribution >= 0.6 is 0 Å². The van der Waals surface area contributed by atoms with Crippen molar-refractivity contribution in [2.24, 2.45) is 16.9 Å². The second kappa shape index (κ2) is 6.32. The molecule has 0 spiro atoms. The Morgan fingerprint density at radius 3 is 2.73 bits per heavy atom. The number of hydrogen-bond acceptors (Lipinski definition) is 5. The highest BCUT2D eigenvalue weighted by molar-refractivity contribution is 5.75. The van der Waals surface area contributed by atoms with E-state index in [0.29, 0.717) is 12.0 Å². The summed E-state index contributed by atoms with van der Waals surface area (Å²) >= 11 is 0. The zero-order valence-electron chi connectivity index (χ0n) is 13.2. The molecule has 0 amide bonds. The summed E-state index contributed by atoms with van der Waals surface area (Å²) in [7, 11) is 0. The molecule has 3 atom stereocenters. The summed E-state index contributed by atoms with van der Waals surface area (Å²) in [5.41, 5.74) is 12.4. The number of rotatable bonds is 3. The van der Waals surface area contributed by atoms with Crippen LogP contribution in [0.5, 0.6) is 0 Å². The fourth-order valence-corrected chi connectivity index (χ4v) is 2.45. The average Bonchev–Trinajstić information content (AvgIpc) is 2.79. The van der Waals surface area contributed by atoms with Crippen molar-refractivity contribution in [1.82, 2.24) is 5.32 Å². The lowest BCUT2D eigenvalue weighted by Gasteiger charge is -2.21. The largest absolute Gasteiger partial charge is 0.446 e. The van der Waals surface area contributed by atoms with Crippen molar-refractivity contribution in [3.8, 4) is 0 Å². The number of carbonyl (C=O) groups excluding carboxylic acids is 1. The number of carbonyl (C=O) groups is 1. The maximum Gasteiger partial charge on any atom is 0.312 e. The van der Waals surface area contributed by atoms with Crippen molar-refractivity contribution in [2.75, 3.05) is 0 Å². The highest BCUT2D eigenvalue weighted by Crippen LogP contribution is 2.29. The second-order valence-electron chi connectivity index (χ2n) is 6.74. The summed E-state index contributed by atoms with van der Waals surface area (Å²) in [5.74, 6) is -0.604. The zero-order valence-corrected chi connectivity index (χ0v) is 13.2. The molecule has 1 heterocycles. The number of ether oxygens (including phenoxy) is 1. The standard InChI is InChI=1S/C16H24FN3O2/c1-16(2,3)15(21)22-13-7-12(19)14(20-13)9-4-5-11(17)10(6-9)8-18/h4-6,12-14,20H,7-8,18-19H2,1-3H3. The molecular weight excluding hydrogens is 285 g/mol. The Kier molecular flexibility index (Phi) is 4.84. The predicted octanol–water partition coefficient (Wildman–Crippen LogP) is 1.56. The van der Waals surface area contributed by atoms with Gasteiger partial charge in [-0.3, -0.25) is 10.1 Å². The molecular formula is C16H24FN3O2. The fraction of sp³-hybridized carbons (Fsp3) is 0.562. The third kappa shape index (κ3) is 3.63. The second-order valence-corrected chi connectivity index (χ2v) is 6.74. The Bertz CT molecular complexity index is 557. The van der Waals surface area contributed by atoms with Gasteiger partial charge in [-0.1, -0.05) is 6.07 Å². The molecule has 22 heavy (non-hydrogen) atoms. The van der Waals surface area contributed by atoms with Crippen LogP contribution in [0.2, 0.25) is 0 Å². The molecule has 122 valence electrons. The van der Waals surface area contributed by atoms with E-state index >= 15 is 0 Å². The van der Waals surface area contributed by atoms with Gasteiger partial charge in [0.1, 0.15) is 5.82 Å². The zero-order chi connectivity index (χ0) is 16.5. The average molecular weight is 309 g/mol. The third-order valence-corrected chi connectivity index (χ3v) is 3.79. The van der Waals surface area contributed by atoms with Crippen LogP contribution in [0.1, 0.15) is 44.4 Å². The smallest absolute Gasteiger partial charge is 0.312 e. The Morgan fingerprint density at radius 1 is 1.45 bits per heavy atom. The van der Waals surface area contributed by atoms with Gasteiger partial charge >= 0.3 is 5.97 Å². The van der Waals surface area contributed by atoms with Crippen LogP contribution < -0.4 is 16.8 Å². The highest BCUT2D eigenvalue weighted by Gasteiger charge is 2.36. The molecule has 5 N–H and O–H groups in total. The van der Waals surface area contributed by atoms with Crippen LogP contribution in [-0.2, 0) is 16.1 Å². The predicted molar refractivity (Wildman–Crippen MR) is 82.1 cm³/mol.